The van der Waals surface area contributed by atoms with Crippen LogP contribution in [0.1, 0.15) is 60.6 Å². The number of hydrogen-bond donors (Lipinski definition) is 0. The molecule has 4 heterocycles. The zero-order valence-electron chi connectivity index (χ0n) is 18.8. The van der Waals surface area contributed by atoms with Crippen molar-refractivity contribution in [3.8, 4) is 11.4 Å². The van der Waals surface area contributed by atoms with E-state index in [1.807, 2.05) is 36.4 Å². The van der Waals surface area contributed by atoms with Crippen molar-refractivity contribution in [2.75, 3.05) is 13.1 Å². The highest BCUT2D eigenvalue weighted by molar-refractivity contribution is 5.98. The minimum atomic E-state index is -0.354. The zero-order chi connectivity index (χ0) is 23.1. The molecular weight excluding hydrogens is 423 g/mol. The third-order valence-corrected chi connectivity index (χ3v) is 6.06. The van der Waals surface area contributed by atoms with Gasteiger partial charge < -0.3 is 9.42 Å². The third-order valence-electron chi connectivity index (χ3n) is 6.06. The molecule has 1 atom stereocenters. The predicted octanol–water partition coefficient (Wildman–Crippen LogP) is 4.53. The second kappa shape index (κ2) is 8.38. The van der Waals surface area contributed by atoms with Gasteiger partial charge in [0.1, 0.15) is 5.82 Å². The van der Waals surface area contributed by atoms with Gasteiger partial charge in [0.15, 0.2) is 5.65 Å². The average Bonchev–Trinajstić information content (AvgIpc) is 3.46. The van der Waals surface area contributed by atoms with Crippen LogP contribution in [0.4, 0.5) is 4.39 Å². The van der Waals surface area contributed by atoms with Gasteiger partial charge in [-0.1, -0.05) is 17.3 Å². The normalized spacial score (nSPS) is 16.6. The molecule has 1 aromatic carbocycles. The molecule has 3 aromatic heterocycles. The van der Waals surface area contributed by atoms with Crippen molar-refractivity contribution in [1.29, 1.82) is 0 Å². The van der Waals surface area contributed by atoms with E-state index in [4.69, 9.17) is 4.52 Å². The number of halogens is 1. The predicted molar refractivity (Wildman–Crippen MR) is 120 cm³/mol. The molecule has 1 amide bonds. The van der Waals surface area contributed by atoms with Gasteiger partial charge in [-0.25, -0.2) is 14.1 Å². The van der Waals surface area contributed by atoms with Crippen LogP contribution in [-0.2, 0) is 0 Å². The van der Waals surface area contributed by atoms with E-state index in [9.17, 15) is 9.18 Å². The first-order valence-electron chi connectivity index (χ1n) is 11.1. The number of likely N-dealkylation sites (tertiary alicyclic amines) is 1. The van der Waals surface area contributed by atoms with Gasteiger partial charge in [0.05, 0.1) is 23.4 Å². The number of carbonyl (C=O) groups is 1. The molecule has 0 bridgehead atoms. The molecule has 170 valence electrons. The third kappa shape index (κ3) is 3.99. The minimum Gasteiger partial charge on any atom is -0.339 e. The summed E-state index contributed by atoms with van der Waals surface area (Å²) in [6.45, 7) is 7.09. The molecule has 0 radical (unpaired) electrons. The van der Waals surface area contributed by atoms with Gasteiger partial charge in [-0.05, 0) is 51.8 Å². The van der Waals surface area contributed by atoms with E-state index in [0.717, 1.165) is 23.9 Å². The van der Waals surface area contributed by atoms with Crippen LogP contribution in [0.2, 0.25) is 0 Å². The first-order valence-corrected chi connectivity index (χ1v) is 11.1. The van der Waals surface area contributed by atoms with Crippen molar-refractivity contribution >= 4 is 16.9 Å². The molecule has 0 saturated carbocycles. The molecule has 1 fully saturated rings. The summed E-state index contributed by atoms with van der Waals surface area (Å²) in [5.74, 6) is 0.330. The largest absolute Gasteiger partial charge is 0.339 e. The lowest BCUT2D eigenvalue weighted by atomic mass is 9.97. The van der Waals surface area contributed by atoms with Gasteiger partial charge in [-0.15, -0.1) is 0 Å². The fraction of sp³-hybridized carbons (Fsp3) is 0.375. The first kappa shape index (κ1) is 21.2. The molecular formula is C24H25FN6O2. The quantitative estimate of drug-likeness (QED) is 0.456. The van der Waals surface area contributed by atoms with Crippen LogP contribution in [0.5, 0.6) is 0 Å². The molecule has 1 aliphatic heterocycles. The maximum Gasteiger partial charge on any atom is 0.255 e. The average molecular weight is 449 g/mol. The Labute approximate surface area is 190 Å². The van der Waals surface area contributed by atoms with Crippen molar-refractivity contribution in [2.45, 2.75) is 45.6 Å². The number of pyridine rings is 1. The number of aromatic nitrogens is 5. The summed E-state index contributed by atoms with van der Waals surface area (Å²) in [7, 11) is 0. The Morgan fingerprint density at radius 2 is 2.09 bits per heavy atom. The van der Waals surface area contributed by atoms with Crippen LogP contribution in [-0.4, -0.2) is 48.8 Å². The monoisotopic (exact) mass is 448 g/mol. The SMILES string of the molecule is Cc1nc2c(cnn2C(C)C)cc1C(=O)N1CCCC(c2nc(-c3cccc(F)c3)no2)C1. The maximum atomic E-state index is 13.5. The number of rotatable bonds is 4. The van der Waals surface area contributed by atoms with Crippen molar-refractivity contribution in [3.05, 3.63) is 59.5 Å². The van der Waals surface area contributed by atoms with E-state index < -0.39 is 0 Å². The summed E-state index contributed by atoms with van der Waals surface area (Å²) in [5.41, 5.74) is 2.61. The van der Waals surface area contributed by atoms with Gasteiger partial charge in [-0.2, -0.15) is 10.1 Å². The van der Waals surface area contributed by atoms with E-state index in [2.05, 4.69) is 20.2 Å². The zero-order valence-corrected chi connectivity index (χ0v) is 18.8. The number of piperidine rings is 1. The first-order chi connectivity index (χ1) is 15.9. The van der Waals surface area contributed by atoms with Crippen molar-refractivity contribution < 1.29 is 13.7 Å². The molecule has 33 heavy (non-hydrogen) atoms. The highest BCUT2D eigenvalue weighted by atomic mass is 19.1. The fourth-order valence-corrected chi connectivity index (χ4v) is 4.34. The van der Waals surface area contributed by atoms with Crippen molar-refractivity contribution in [3.63, 3.8) is 0 Å². The standard InChI is InChI=1S/C24H25FN6O2/c1-14(2)31-22-18(12-26-31)11-20(15(3)27-22)24(32)30-9-5-7-17(13-30)23-28-21(29-33-23)16-6-4-8-19(25)10-16/h4,6,8,10-12,14,17H,5,7,9,13H2,1-3H3. The molecule has 0 aliphatic carbocycles. The smallest absolute Gasteiger partial charge is 0.255 e. The molecule has 0 spiro atoms. The van der Waals surface area contributed by atoms with Gasteiger partial charge in [-0.3, -0.25) is 4.79 Å². The maximum absolute atomic E-state index is 13.5. The van der Waals surface area contributed by atoms with Gasteiger partial charge >= 0.3 is 0 Å². The minimum absolute atomic E-state index is 0.0613. The van der Waals surface area contributed by atoms with Crippen LogP contribution in [0.15, 0.2) is 41.1 Å². The topological polar surface area (TPSA) is 89.9 Å². The number of amides is 1. The van der Waals surface area contributed by atoms with E-state index in [-0.39, 0.29) is 23.7 Å². The van der Waals surface area contributed by atoms with Gasteiger partial charge in [0, 0.05) is 30.1 Å². The van der Waals surface area contributed by atoms with Crippen molar-refractivity contribution in [2.24, 2.45) is 0 Å². The summed E-state index contributed by atoms with van der Waals surface area (Å²) >= 11 is 0. The van der Waals surface area contributed by atoms with Gasteiger partial charge in [0.25, 0.3) is 5.91 Å². The van der Waals surface area contributed by atoms with Crippen LogP contribution < -0.4 is 0 Å². The molecule has 0 N–H and O–H groups in total. The molecule has 5 rings (SSSR count). The number of aryl methyl sites for hydroxylation is 1. The summed E-state index contributed by atoms with van der Waals surface area (Å²) in [6, 6.07) is 8.16. The highest BCUT2D eigenvalue weighted by Crippen LogP contribution is 2.29. The molecule has 1 unspecified atom stereocenters. The Balaban J connectivity index is 1.37. The Morgan fingerprint density at radius 1 is 1.24 bits per heavy atom. The fourth-order valence-electron chi connectivity index (χ4n) is 4.34. The lowest BCUT2D eigenvalue weighted by Crippen LogP contribution is -2.39. The Morgan fingerprint density at radius 3 is 2.88 bits per heavy atom. The number of fused-ring (bicyclic) bond motifs is 1. The Kier molecular flexibility index (Phi) is 5.39. The number of nitrogens with zero attached hydrogens (tertiary/aromatic N) is 6. The second-order valence-corrected chi connectivity index (χ2v) is 8.77. The molecule has 1 saturated heterocycles. The Bertz CT molecular complexity index is 1330. The highest BCUT2D eigenvalue weighted by Gasteiger charge is 2.30. The Hall–Kier alpha value is -3.62. The van der Waals surface area contributed by atoms with Crippen LogP contribution in [0.3, 0.4) is 0 Å². The summed E-state index contributed by atoms with van der Waals surface area (Å²) in [4.78, 5) is 24.4. The van der Waals surface area contributed by atoms with Crippen LogP contribution >= 0.6 is 0 Å². The second-order valence-electron chi connectivity index (χ2n) is 8.77. The van der Waals surface area contributed by atoms with Crippen LogP contribution in [0, 0.1) is 12.7 Å². The number of carbonyl (C=O) groups excluding carboxylic acids is 1. The molecule has 9 heteroatoms. The summed E-state index contributed by atoms with van der Waals surface area (Å²) < 4.78 is 20.9. The lowest BCUT2D eigenvalue weighted by Gasteiger charge is -2.31. The number of benzene rings is 1. The van der Waals surface area contributed by atoms with E-state index in [1.165, 1.54) is 12.1 Å². The van der Waals surface area contributed by atoms with Crippen LogP contribution in [0.25, 0.3) is 22.4 Å². The number of hydrogen-bond acceptors (Lipinski definition) is 6. The van der Waals surface area contributed by atoms with E-state index in [1.54, 1.807) is 18.3 Å². The molecule has 8 nitrogen and oxygen atoms in total. The van der Waals surface area contributed by atoms with Gasteiger partial charge in [0.2, 0.25) is 11.7 Å². The molecule has 4 aromatic rings. The summed E-state index contributed by atoms with van der Waals surface area (Å²) in [5, 5.41) is 9.28. The molecule has 1 aliphatic rings. The van der Waals surface area contributed by atoms with E-state index in [0.29, 0.717) is 41.6 Å². The van der Waals surface area contributed by atoms with Crippen molar-refractivity contribution in [1.82, 2.24) is 29.8 Å². The summed E-state index contributed by atoms with van der Waals surface area (Å²) in [6.07, 6.45) is 3.42. The van der Waals surface area contributed by atoms with E-state index >= 15 is 0 Å². The lowest BCUT2D eigenvalue weighted by molar-refractivity contribution is 0.0694.